The van der Waals surface area contributed by atoms with Gasteiger partial charge in [0.15, 0.2) is 11.6 Å². The van der Waals surface area contributed by atoms with Crippen LogP contribution in [0.2, 0.25) is 0 Å². The van der Waals surface area contributed by atoms with E-state index in [1.54, 1.807) is 30.7 Å². The molecule has 2 aliphatic rings. The molecule has 3 heterocycles. The number of nitrogens with zero attached hydrogens (tertiary/aromatic N) is 3. The fourth-order valence-corrected chi connectivity index (χ4v) is 5.71. The van der Waals surface area contributed by atoms with E-state index < -0.39 is 0 Å². The summed E-state index contributed by atoms with van der Waals surface area (Å²) >= 11 is 0. The number of Topliss-reactive ketones (excluding diaryl/α,β-unsaturated/α-hetero) is 2. The van der Waals surface area contributed by atoms with E-state index in [2.05, 4.69) is 53.8 Å². The summed E-state index contributed by atoms with van der Waals surface area (Å²) in [5, 5.41) is 2.02. The predicted molar refractivity (Wildman–Crippen MR) is 155 cm³/mol. The van der Waals surface area contributed by atoms with Gasteiger partial charge in [-0.1, -0.05) is 51.1 Å². The van der Waals surface area contributed by atoms with Crippen molar-refractivity contribution in [3.63, 3.8) is 0 Å². The lowest BCUT2D eigenvalue weighted by Crippen LogP contribution is -2.15. The highest BCUT2D eigenvalue weighted by atomic mass is 16.2. The molecular weight excluding hydrogens is 482 g/mol. The number of allylic oxidation sites excluding steroid dienone is 1. The first-order valence-electron chi connectivity index (χ1n) is 13.0. The topological polar surface area (TPSA) is 63.2 Å². The summed E-state index contributed by atoms with van der Waals surface area (Å²) in [7, 11) is 0. The molecule has 0 atom stereocenters. The van der Waals surface area contributed by atoms with Crippen LogP contribution in [0.15, 0.2) is 97.1 Å². The molecule has 5 aromatic rings. The lowest BCUT2D eigenvalue weighted by Gasteiger charge is -2.33. The largest absolute Gasteiger partial charge is 0.309 e. The van der Waals surface area contributed by atoms with Crippen LogP contribution >= 0.6 is 0 Å². The normalized spacial score (nSPS) is 15.2. The number of rotatable bonds is 2. The van der Waals surface area contributed by atoms with Crippen molar-refractivity contribution in [1.82, 2.24) is 9.97 Å². The molecule has 0 fully saturated rings. The summed E-state index contributed by atoms with van der Waals surface area (Å²) in [6.45, 7) is 6.31. The highest BCUT2D eigenvalue weighted by Gasteiger charge is 2.34. The van der Waals surface area contributed by atoms with Gasteiger partial charge in [-0.25, -0.2) is 0 Å². The van der Waals surface area contributed by atoms with Crippen molar-refractivity contribution in [3.8, 4) is 11.1 Å². The van der Waals surface area contributed by atoms with Crippen molar-refractivity contribution >= 4 is 45.5 Å². The third-order valence-electron chi connectivity index (χ3n) is 7.71. The van der Waals surface area contributed by atoms with Crippen LogP contribution in [-0.4, -0.2) is 21.5 Å². The van der Waals surface area contributed by atoms with Gasteiger partial charge in [0.05, 0.1) is 16.9 Å². The van der Waals surface area contributed by atoms with E-state index >= 15 is 0 Å². The lowest BCUT2D eigenvalue weighted by molar-refractivity contribution is 0.0990. The molecule has 188 valence electrons. The summed E-state index contributed by atoms with van der Waals surface area (Å²) in [4.78, 5) is 37.7. The monoisotopic (exact) mass is 507 g/mol. The third kappa shape index (κ3) is 3.47. The average Bonchev–Trinajstić information content (AvgIpc) is 3.18. The van der Waals surface area contributed by atoms with E-state index in [0.717, 1.165) is 50.1 Å². The molecule has 3 aromatic carbocycles. The molecule has 0 unspecified atom stereocenters. The number of ketones is 2. The zero-order chi connectivity index (χ0) is 26.9. The van der Waals surface area contributed by atoms with Crippen LogP contribution in [0.1, 0.15) is 52.6 Å². The summed E-state index contributed by atoms with van der Waals surface area (Å²) in [6, 6.07) is 21.9. The molecule has 0 N–H and O–H groups in total. The Bertz CT molecular complexity index is 1880. The van der Waals surface area contributed by atoms with E-state index in [1.165, 1.54) is 0 Å². The van der Waals surface area contributed by atoms with Crippen LogP contribution < -0.4 is 4.90 Å². The second-order valence-electron chi connectivity index (χ2n) is 11.1. The van der Waals surface area contributed by atoms with Gasteiger partial charge in [-0.2, -0.15) is 0 Å². The summed E-state index contributed by atoms with van der Waals surface area (Å²) < 4.78 is 0. The van der Waals surface area contributed by atoms with Gasteiger partial charge in [0.25, 0.3) is 0 Å². The van der Waals surface area contributed by atoms with Gasteiger partial charge in [0.2, 0.25) is 0 Å². The number of benzene rings is 3. The SMILES string of the molecule is CC(C)(C)c1ccc2c(c1)C(=O)/C(=C/c1ccc3c4c(cccc14)-c1cnccc1N3c1ccncc1)C2=O. The number of aromatic nitrogens is 2. The summed E-state index contributed by atoms with van der Waals surface area (Å²) in [6.07, 6.45) is 9.02. The molecule has 0 radical (unpaired) electrons. The predicted octanol–water partition coefficient (Wildman–Crippen LogP) is 7.84. The van der Waals surface area contributed by atoms with Gasteiger partial charge >= 0.3 is 0 Å². The van der Waals surface area contributed by atoms with E-state index in [9.17, 15) is 9.59 Å². The molecule has 0 amide bonds. The number of carbonyl (C=O) groups excluding carboxylic acids is 2. The lowest BCUT2D eigenvalue weighted by atomic mass is 9.85. The molecule has 5 heteroatoms. The molecular formula is C34H25N3O2. The Morgan fingerprint density at radius 3 is 2.28 bits per heavy atom. The smallest absolute Gasteiger partial charge is 0.197 e. The first-order valence-corrected chi connectivity index (χ1v) is 13.0. The third-order valence-corrected chi connectivity index (χ3v) is 7.71. The van der Waals surface area contributed by atoms with Crippen LogP contribution in [0, 0.1) is 0 Å². The molecule has 2 aromatic heterocycles. The quantitative estimate of drug-likeness (QED) is 0.176. The summed E-state index contributed by atoms with van der Waals surface area (Å²) in [5.74, 6) is -0.432. The first-order chi connectivity index (χ1) is 18.8. The van der Waals surface area contributed by atoms with Gasteiger partial charge in [-0.3, -0.25) is 19.6 Å². The standard InChI is InChI=1S/C34H25N3O2/c1-34(2,3)21-8-9-25-26(18-21)33(39)27(32(25)38)17-20-7-10-30-31-23(20)5-4-6-24(31)28-19-36-16-13-29(28)37(30)22-11-14-35-15-12-22/h4-19H,1-3H3/b27-17+. The Morgan fingerprint density at radius 1 is 0.718 bits per heavy atom. The minimum Gasteiger partial charge on any atom is -0.309 e. The Kier molecular flexibility index (Phi) is 4.95. The Morgan fingerprint density at radius 2 is 1.49 bits per heavy atom. The maximum Gasteiger partial charge on any atom is 0.197 e. The molecule has 39 heavy (non-hydrogen) atoms. The van der Waals surface area contributed by atoms with Crippen LogP contribution in [0.3, 0.4) is 0 Å². The van der Waals surface area contributed by atoms with Crippen LogP contribution in [0.25, 0.3) is 28.0 Å². The minimum atomic E-state index is -0.219. The second-order valence-corrected chi connectivity index (χ2v) is 11.1. The second kappa shape index (κ2) is 8.30. The molecule has 5 nitrogen and oxygen atoms in total. The van der Waals surface area contributed by atoms with Crippen molar-refractivity contribution < 1.29 is 9.59 Å². The molecule has 0 saturated carbocycles. The number of carbonyl (C=O) groups is 2. The van der Waals surface area contributed by atoms with Gasteiger partial charge in [0.1, 0.15) is 0 Å². The van der Waals surface area contributed by atoms with Crippen molar-refractivity contribution in [2.45, 2.75) is 26.2 Å². The molecule has 0 spiro atoms. The summed E-state index contributed by atoms with van der Waals surface area (Å²) in [5.41, 5.74) is 8.07. The molecule has 1 aliphatic heterocycles. The van der Waals surface area contributed by atoms with Gasteiger partial charge in [-0.15, -0.1) is 0 Å². The fourth-order valence-electron chi connectivity index (χ4n) is 5.71. The number of pyridine rings is 2. The van der Waals surface area contributed by atoms with Gasteiger partial charge in [-0.05, 0) is 70.0 Å². The highest BCUT2D eigenvalue weighted by molar-refractivity contribution is 6.41. The van der Waals surface area contributed by atoms with Crippen molar-refractivity contribution in [2.24, 2.45) is 0 Å². The molecule has 1 aliphatic carbocycles. The van der Waals surface area contributed by atoms with Crippen molar-refractivity contribution in [3.05, 3.63) is 119 Å². The Labute approximate surface area is 226 Å². The van der Waals surface area contributed by atoms with Crippen molar-refractivity contribution in [2.75, 3.05) is 4.90 Å². The number of hydrogen-bond acceptors (Lipinski definition) is 5. The van der Waals surface area contributed by atoms with Crippen LogP contribution in [0.4, 0.5) is 17.1 Å². The maximum absolute atomic E-state index is 13.5. The number of fused-ring (bicyclic) bond motifs is 3. The zero-order valence-corrected chi connectivity index (χ0v) is 21.9. The van der Waals surface area contributed by atoms with E-state index in [1.807, 2.05) is 48.7 Å². The molecule has 0 bridgehead atoms. The van der Waals surface area contributed by atoms with Crippen LogP contribution in [-0.2, 0) is 5.41 Å². The number of anilines is 3. The minimum absolute atomic E-state index is 0.118. The Hall–Kier alpha value is -4.90. The van der Waals surface area contributed by atoms with E-state index in [-0.39, 0.29) is 22.6 Å². The first kappa shape index (κ1) is 23.2. The van der Waals surface area contributed by atoms with Crippen molar-refractivity contribution in [1.29, 1.82) is 0 Å². The van der Waals surface area contributed by atoms with E-state index in [4.69, 9.17) is 0 Å². The molecule has 0 saturated heterocycles. The Balaban J connectivity index is 1.43. The maximum atomic E-state index is 13.5. The van der Waals surface area contributed by atoms with Crippen LogP contribution in [0.5, 0.6) is 0 Å². The molecule has 7 rings (SSSR count). The fraction of sp³-hybridized carbons (Fsp3) is 0.118. The van der Waals surface area contributed by atoms with Gasteiger partial charge < -0.3 is 4.90 Å². The average molecular weight is 508 g/mol. The highest BCUT2D eigenvalue weighted by Crippen LogP contribution is 2.51. The zero-order valence-electron chi connectivity index (χ0n) is 21.9. The van der Waals surface area contributed by atoms with Gasteiger partial charge in [0, 0.05) is 52.6 Å². The van der Waals surface area contributed by atoms with E-state index in [0.29, 0.717) is 11.1 Å². The number of hydrogen-bond donors (Lipinski definition) is 0.